The Balaban J connectivity index is 1.45. The van der Waals surface area contributed by atoms with Gasteiger partial charge in [-0.1, -0.05) is 44.2 Å². The molecule has 4 saturated carbocycles. The lowest BCUT2D eigenvalue weighted by Crippen LogP contribution is -2.35. The topological polar surface area (TPSA) is 87.0 Å². The van der Waals surface area contributed by atoms with Gasteiger partial charge in [-0.25, -0.2) is 0 Å². The molecule has 4 aliphatic rings. The molecule has 4 rings (SSSR count). The van der Waals surface area contributed by atoms with Crippen LogP contribution in [0.5, 0.6) is 0 Å². The highest BCUT2D eigenvalue weighted by Gasteiger charge is 2.50. The normalized spacial score (nSPS) is 37.8. The highest BCUT2D eigenvalue weighted by Crippen LogP contribution is 2.59. The summed E-state index contributed by atoms with van der Waals surface area (Å²) in [6, 6.07) is 0. The van der Waals surface area contributed by atoms with Crippen molar-refractivity contribution in [2.45, 2.75) is 96.9 Å². The number of aliphatic hydroxyl groups is 3. The van der Waals surface area contributed by atoms with Gasteiger partial charge in [0.15, 0.2) is 0 Å². The number of rotatable bonds is 8. The lowest BCUT2D eigenvalue weighted by Gasteiger charge is -2.44. The van der Waals surface area contributed by atoms with Crippen LogP contribution < -0.4 is 0 Å². The van der Waals surface area contributed by atoms with Crippen molar-refractivity contribution in [2.75, 3.05) is 6.61 Å². The highest BCUT2D eigenvalue weighted by molar-refractivity contribution is 5.72. The zero-order valence-electron chi connectivity index (χ0n) is 22.4. The number of esters is 1. The van der Waals surface area contributed by atoms with E-state index in [9.17, 15) is 20.1 Å². The number of hydrogen-bond donors (Lipinski definition) is 3. The molecule has 5 heteroatoms. The lowest BCUT2D eigenvalue weighted by atomic mass is 9.61. The Hall–Kier alpha value is -1.69. The van der Waals surface area contributed by atoms with Crippen molar-refractivity contribution in [1.82, 2.24) is 0 Å². The van der Waals surface area contributed by atoms with E-state index in [2.05, 4.69) is 44.7 Å². The first kappa shape index (κ1) is 27.3. The maximum Gasteiger partial charge on any atom is 0.311 e. The standard InChI is InChI=1S/C31H46O5/c1-19(7-14-29(23-9-10-23)36-30(35)20(2)18-32)26-12-13-27-22(6-5-15-31(26,27)4)8-11-24-16-25(33)17-28(34)21(24)3/h7-8,11,14,19-20,23,25-29,32-34H,3,5-6,9-10,12-13,15-18H2,1-2,4H3/b14-7+,22-8+,24-11-/t19-,20?,25-,26-,27+,28+,29+,31-/m1/s1. The molecular weight excluding hydrogens is 452 g/mol. The molecule has 3 N–H and O–H groups in total. The molecule has 5 nitrogen and oxygen atoms in total. The van der Waals surface area contributed by atoms with Crippen LogP contribution in [0.1, 0.15) is 78.6 Å². The molecule has 0 bridgehead atoms. The monoisotopic (exact) mass is 498 g/mol. The molecule has 0 aliphatic heterocycles. The smallest absolute Gasteiger partial charge is 0.311 e. The fraction of sp³-hybridized carbons (Fsp3) is 0.710. The number of allylic oxidation sites excluding steroid dienone is 4. The predicted octanol–water partition coefficient (Wildman–Crippen LogP) is 5.27. The first-order valence-corrected chi connectivity index (χ1v) is 14.1. The molecule has 4 aliphatic carbocycles. The van der Waals surface area contributed by atoms with Gasteiger partial charge in [0.05, 0.1) is 24.7 Å². The fourth-order valence-corrected chi connectivity index (χ4v) is 7.07. The van der Waals surface area contributed by atoms with Crippen molar-refractivity contribution in [3.8, 4) is 0 Å². The average Bonchev–Trinajstić information content (AvgIpc) is 3.63. The number of carbonyl (C=O) groups excluding carboxylic acids is 1. The van der Waals surface area contributed by atoms with Crippen LogP contribution >= 0.6 is 0 Å². The molecule has 0 spiro atoms. The highest BCUT2D eigenvalue weighted by atomic mass is 16.5. The number of hydrogen-bond acceptors (Lipinski definition) is 5. The largest absolute Gasteiger partial charge is 0.458 e. The SMILES string of the molecule is C=C1/C(=C\C=C2/CCC[C@]3(C)[C@@H]([C@H](C)/C=C/[C@H](OC(=O)C(C)CO)C4CC4)CC[C@@H]23)C[C@@H](O)C[C@@H]1O. The van der Waals surface area contributed by atoms with E-state index in [-0.39, 0.29) is 24.1 Å². The van der Waals surface area contributed by atoms with Gasteiger partial charge in [0.25, 0.3) is 0 Å². The van der Waals surface area contributed by atoms with E-state index in [0.717, 1.165) is 30.4 Å². The number of carbonyl (C=O) groups is 1. The first-order chi connectivity index (χ1) is 17.1. The van der Waals surface area contributed by atoms with Gasteiger partial charge in [-0.15, -0.1) is 0 Å². The third-order valence-corrected chi connectivity index (χ3v) is 9.56. The quantitative estimate of drug-likeness (QED) is 0.313. The van der Waals surface area contributed by atoms with Gasteiger partial charge in [0.1, 0.15) is 6.10 Å². The van der Waals surface area contributed by atoms with E-state index in [1.54, 1.807) is 6.92 Å². The zero-order valence-corrected chi connectivity index (χ0v) is 22.4. The lowest BCUT2D eigenvalue weighted by molar-refractivity contribution is -0.153. The van der Waals surface area contributed by atoms with Crippen LogP contribution in [0, 0.1) is 35.0 Å². The molecule has 200 valence electrons. The first-order valence-electron chi connectivity index (χ1n) is 14.1. The number of ether oxygens (including phenoxy) is 1. The number of fused-ring (bicyclic) bond motifs is 1. The van der Waals surface area contributed by atoms with E-state index in [1.165, 1.54) is 31.3 Å². The van der Waals surface area contributed by atoms with Crippen LogP contribution in [0.3, 0.4) is 0 Å². The van der Waals surface area contributed by atoms with E-state index in [0.29, 0.717) is 36.5 Å². The minimum Gasteiger partial charge on any atom is -0.458 e. The Kier molecular flexibility index (Phi) is 8.63. The summed E-state index contributed by atoms with van der Waals surface area (Å²) in [5, 5.41) is 29.6. The summed E-state index contributed by atoms with van der Waals surface area (Å²) in [5.41, 5.74) is 3.47. The molecule has 0 aromatic carbocycles. The summed E-state index contributed by atoms with van der Waals surface area (Å²) in [6.07, 6.45) is 16.5. The number of aliphatic hydroxyl groups excluding tert-OH is 3. The van der Waals surface area contributed by atoms with Crippen molar-refractivity contribution < 1.29 is 24.9 Å². The van der Waals surface area contributed by atoms with E-state index in [1.807, 2.05) is 0 Å². The van der Waals surface area contributed by atoms with Gasteiger partial charge in [0, 0.05) is 6.42 Å². The molecule has 36 heavy (non-hydrogen) atoms. The van der Waals surface area contributed by atoms with Crippen LogP contribution in [0.2, 0.25) is 0 Å². The van der Waals surface area contributed by atoms with Crippen molar-refractivity contribution in [3.05, 3.63) is 47.6 Å². The minimum atomic E-state index is -0.649. The van der Waals surface area contributed by atoms with Crippen LogP contribution in [-0.4, -0.2) is 46.2 Å². The van der Waals surface area contributed by atoms with Gasteiger partial charge in [-0.05, 0) is 105 Å². The third kappa shape index (κ3) is 5.89. The van der Waals surface area contributed by atoms with Crippen LogP contribution in [0.25, 0.3) is 0 Å². The molecular formula is C31H46O5. The molecule has 0 aromatic rings. The van der Waals surface area contributed by atoms with Gasteiger partial charge in [0.2, 0.25) is 0 Å². The average molecular weight is 499 g/mol. The van der Waals surface area contributed by atoms with Crippen molar-refractivity contribution in [3.63, 3.8) is 0 Å². The molecule has 8 atom stereocenters. The van der Waals surface area contributed by atoms with Gasteiger partial charge in [-0.2, -0.15) is 0 Å². The summed E-state index contributed by atoms with van der Waals surface area (Å²) >= 11 is 0. The van der Waals surface area contributed by atoms with Crippen LogP contribution in [0.15, 0.2) is 47.6 Å². The second-order valence-corrected chi connectivity index (χ2v) is 12.2. The Labute approximate surface area is 217 Å². The van der Waals surface area contributed by atoms with Gasteiger partial charge < -0.3 is 20.1 Å². The summed E-state index contributed by atoms with van der Waals surface area (Å²) in [4.78, 5) is 12.3. The van der Waals surface area contributed by atoms with Gasteiger partial charge >= 0.3 is 5.97 Å². The summed E-state index contributed by atoms with van der Waals surface area (Å²) in [6.45, 7) is 10.4. The van der Waals surface area contributed by atoms with Gasteiger partial charge in [-0.3, -0.25) is 4.79 Å². The Bertz CT molecular complexity index is 912. The Morgan fingerprint density at radius 1 is 1.17 bits per heavy atom. The Morgan fingerprint density at radius 3 is 2.61 bits per heavy atom. The second kappa shape index (κ2) is 11.4. The van der Waals surface area contributed by atoms with Crippen LogP contribution in [-0.2, 0) is 9.53 Å². The minimum absolute atomic E-state index is 0.179. The zero-order chi connectivity index (χ0) is 26.0. The molecule has 0 radical (unpaired) electrons. The summed E-state index contributed by atoms with van der Waals surface area (Å²) < 4.78 is 5.76. The maximum atomic E-state index is 12.3. The third-order valence-electron chi connectivity index (χ3n) is 9.56. The fourth-order valence-electron chi connectivity index (χ4n) is 7.07. The van der Waals surface area contributed by atoms with Crippen LogP contribution in [0.4, 0.5) is 0 Å². The molecule has 1 unspecified atom stereocenters. The molecule has 0 amide bonds. The molecule has 0 heterocycles. The van der Waals surface area contributed by atoms with Crippen molar-refractivity contribution in [2.24, 2.45) is 35.0 Å². The molecule has 0 saturated heterocycles. The van der Waals surface area contributed by atoms with E-state index >= 15 is 0 Å². The summed E-state index contributed by atoms with van der Waals surface area (Å²) in [5.74, 6) is 1.16. The molecule has 0 aromatic heterocycles. The van der Waals surface area contributed by atoms with Crippen molar-refractivity contribution >= 4 is 5.97 Å². The molecule has 4 fully saturated rings. The second-order valence-electron chi connectivity index (χ2n) is 12.2. The Morgan fingerprint density at radius 2 is 1.92 bits per heavy atom. The van der Waals surface area contributed by atoms with E-state index in [4.69, 9.17) is 4.74 Å². The van der Waals surface area contributed by atoms with Crippen molar-refractivity contribution in [1.29, 1.82) is 0 Å². The summed E-state index contributed by atoms with van der Waals surface area (Å²) in [7, 11) is 0. The maximum absolute atomic E-state index is 12.3. The van der Waals surface area contributed by atoms with E-state index < -0.39 is 18.1 Å². The predicted molar refractivity (Wildman–Crippen MR) is 142 cm³/mol.